The molecule has 2 nitrogen and oxygen atoms in total. The van der Waals surface area contributed by atoms with E-state index >= 15 is 0 Å². The molecule has 0 amide bonds. The molecular formula is C16H20O2. The summed E-state index contributed by atoms with van der Waals surface area (Å²) in [6.45, 7) is 12.9. The fourth-order valence-electron chi connectivity index (χ4n) is 2.30. The van der Waals surface area contributed by atoms with Gasteiger partial charge in [0.25, 0.3) is 0 Å². The first-order chi connectivity index (χ1) is 8.46. The predicted octanol–water partition coefficient (Wildman–Crippen LogP) is 3.73. The summed E-state index contributed by atoms with van der Waals surface area (Å²) < 4.78 is 11.1. The van der Waals surface area contributed by atoms with Crippen LogP contribution in [-0.4, -0.2) is 13.2 Å². The Balaban J connectivity index is 1.96. The van der Waals surface area contributed by atoms with Gasteiger partial charge in [0, 0.05) is 5.41 Å². The lowest BCUT2D eigenvalue weighted by atomic mass is 9.62. The zero-order valence-corrected chi connectivity index (χ0v) is 11.3. The standard InChI is InChI=1S/C16H20O2/c1-11-12(2)16(3,4)15(11)18-10-13-6-8-14(17-5)9-7-13/h6-9,15H,1-2,10H2,3-5H3. The Labute approximate surface area is 109 Å². The summed E-state index contributed by atoms with van der Waals surface area (Å²) in [6.07, 6.45) is 0.0760. The zero-order valence-electron chi connectivity index (χ0n) is 11.3. The van der Waals surface area contributed by atoms with Crippen LogP contribution < -0.4 is 4.74 Å². The van der Waals surface area contributed by atoms with E-state index in [1.165, 1.54) is 0 Å². The third kappa shape index (κ3) is 2.08. The Hall–Kier alpha value is -1.54. The summed E-state index contributed by atoms with van der Waals surface area (Å²) in [7, 11) is 1.66. The van der Waals surface area contributed by atoms with Crippen molar-refractivity contribution in [2.75, 3.05) is 7.11 Å². The topological polar surface area (TPSA) is 18.5 Å². The van der Waals surface area contributed by atoms with Crippen LogP contribution in [0, 0.1) is 5.41 Å². The lowest BCUT2D eigenvalue weighted by Gasteiger charge is -2.48. The van der Waals surface area contributed by atoms with E-state index in [1.807, 2.05) is 24.3 Å². The molecule has 1 aromatic carbocycles. The second kappa shape index (κ2) is 4.62. The first-order valence-electron chi connectivity index (χ1n) is 6.10. The summed E-state index contributed by atoms with van der Waals surface area (Å²) in [5, 5.41) is 0. The first kappa shape index (κ1) is 12.9. The van der Waals surface area contributed by atoms with Gasteiger partial charge in [0.2, 0.25) is 0 Å². The van der Waals surface area contributed by atoms with E-state index in [0.717, 1.165) is 22.5 Å². The van der Waals surface area contributed by atoms with Crippen molar-refractivity contribution >= 4 is 0 Å². The van der Waals surface area contributed by atoms with Crippen molar-refractivity contribution in [1.29, 1.82) is 0 Å². The van der Waals surface area contributed by atoms with Gasteiger partial charge in [-0.2, -0.15) is 0 Å². The normalized spacial score (nSPS) is 21.6. The third-order valence-electron chi connectivity index (χ3n) is 3.71. The molecule has 2 heteroatoms. The molecule has 18 heavy (non-hydrogen) atoms. The highest BCUT2D eigenvalue weighted by molar-refractivity contribution is 5.48. The molecular weight excluding hydrogens is 224 g/mol. The van der Waals surface area contributed by atoms with Gasteiger partial charge in [-0.15, -0.1) is 0 Å². The smallest absolute Gasteiger partial charge is 0.118 e. The molecule has 1 unspecified atom stereocenters. The highest BCUT2D eigenvalue weighted by Crippen LogP contribution is 2.50. The minimum absolute atomic E-state index is 0.00353. The molecule has 0 saturated heterocycles. The SMILES string of the molecule is C=C1C(=C)C(C)(C)C1OCc1ccc(OC)cc1. The number of methoxy groups -OCH3 is 1. The average molecular weight is 244 g/mol. The van der Waals surface area contributed by atoms with Crippen molar-refractivity contribution in [3.63, 3.8) is 0 Å². The number of hydrogen-bond acceptors (Lipinski definition) is 2. The number of benzene rings is 1. The van der Waals surface area contributed by atoms with E-state index in [4.69, 9.17) is 9.47 Å². The van der Waals surface area contributed by atoms with Crippen LogP contribution in [0.1, 0.15) is 19.4 Å². The molecule has 0 radical (unpaired) electrons. The largest absolute Gasteiger partial charge is 0.497 e. The van der Waals surface area contributed by atoms with E-state index < -0.39 is 0 Å². The zero-order chi connectivity index (χ0) is 13.3. The second-order valence-corrected chi connectivity index (χ2v) is 5.26. The Morgan fingerprint density at radius 3 is 2.28 bits per heavy atom. The monoisotopic (exact) mass is 244 g/mol. The van der Waals surface area contributed by atoms with Crippen LogP contribution in [0.3, 0.4) is 0 Å². The van der Waals surface area contributed by atoms with E-state index in [1.54, 1.807) is 7.11 Å². The Kier molecular flexibility index (Phi) is 3.31. The summed E-state index contributed by atoms with van der Waals surface area (Å²) in [5.74, 6) is 0.862. The lowest BCUT2D eigenvalue weighted by molar-refractivity contribution is -0.0216. The molecule has 0 aromatic heterocycles. The molecule has 1 saturated carbocycles. The molecule has 0 bridgehead atoms. The van der Waals surface area contributed by atoms with Crippen molar-refractivity contribution < 1.29 is 9.47 Å². The molecule has 1 aromatic rings. The van der Waals surface area contributed by atoms with Crippen molar-refractivity contribution in [1.82, 2.24) is 0 Å². The molecule has 0 N–H and O–H groups in total. The first-order valence-corrected chi connectivity index (χ1v) is 6.10. The van der Waals surface area contributed by atoms with Gasteiger partial charge < -0.3 is 9.47 Å². The Bertz CT molecular complexity index is 468. The number of hydrogen-bond donors (Lipinski definition) is 0. The maximum atomic E-state index is 5.93. The molecule has 1 fully saturated rings. The second-order valence-electron chi connectivity index (χ2n) is 5.26. The van der Waals surface area contributed by atoms with E-state index in [2.05, 4.69) is 27.0 Å². The van der Waals surface area contributed by atoms with Crippen LogP contribution >= 0.6 is 0 Å². The third-order valence-corrected chi connectivity index (χ3v) is 3.71. The van der Waals surface area contributed by atoms with Gasteiger partial charge in [0.05, 0.1) is 19.8 Å². The van der Waals surface area contributed by atoms with Crippen molar-refractivity contribution in [2.24, 2.45) is 5.41 Å². The van der Waals surface area contributed by atoms with E-state index in [0.29, 0.717) is 6.61 Å². The van der Waals surface area contributed by atoms with Gasteiger partial charge in [0.15, 0.2) is 0 Å². The quantitative estimate of drug-likeness (QED) is 0.803. The van der Waals surface area contributed by atoms with Gasteiger partial charge in [-0.05, 0) is 28.8 Å². The summed E-state index contributed by atoms with van der Waals surface area (Å²) in [4.78, 5) is 0. The number of ether oxygens (including phenoxy) is 2. The Morgan fingerprint density at radius 2 is 1.78 bits per heavy atom. The highest BCUT2D eigenvalue weighted by atomic mass is 16.5. The van der Waals surface area contributed by atoms with Gasteiger partial charge >= 0.3 is 0 Å². The van der Waals surface area contributed by atoms with Crippen LogP contribution in [-0.2, 0) is 11.3 Å². The van der Waals surface area contributed by atoms with Gasteiger partial charge in [-0.25, -0.2) is 0 Å². The maximum Gasteiger partial charge on any atom is 0.118 e. The van der Waals surface area contributed by atoms with Gasteiger partial charge in [-0.1, -0.05) is 39.1 Å². The fourth-order valence-corrected chi connectivity index (χ4v) is 2.30. The van der Waals surface area contributed by atoms with Crippen LogP contribution in [0.2, 0.25) is 0 Å². The minimum Gasteiger partial charge on any atom is -0.497 e. The summed E-state index contributed by atoms with van der Waals surface area (Å²) in [6, 6.07) is 7.92. The molecule has 0 heterocycles. The molecule has 1 atom stereocenters. The van der Waals surface area contributed by atoms with Crippen molar-refractivity contribution in [2.45, 2.75) is 26.6 Å². The van der Waals surface area contributed by atoms with Crippen molar-refractivity contribution in [3.05, 3.63) is 54.1 Å². The van der Waals surface area contributed by atoms with Crippen LogP contribution in [0.15, 0.2) is 48.6 Å². The van der Waals surface area contributed by atoms with E-state index in [9.17, 15) is 0 Å². The van der Waals surface area contributed by atoms with Gasteiger partial charge in [0.1, 0.15) is 5.75 Å². The molecule has 1 aliphatic rings. The Morgan fingerprint density at radius 1 is 1.17 bits per heavy atom. The highest BCUT2D eigenvalue weighted by Gasteiger charge is 2.46. The molecule has 96 valence electrons. The van der Waals surface area contributed by atoms with Crippen LogP contribution in [0.4, 0.5) is 0 Å². The predicted molar refractivity (Wildman–Crippen MR) is 73.6 cm³/mol. The average Bonchev–Trinajstić information content (AvgIpc) is 2.38. The molecule has 1 aliphatic carbocycles. The van der Waals surface area contributed by atoms with E-state index in [-0.39, 0.29) is 11.5 Å². The summed E-state index contributed by atoms with van der Waals surface area (Å²) in [5.41, 5.74) is 3.26. The molecule has 0 aliphatic heterocycles. The fraction of sp³-hybridized carbons (Fsp3) is 0.375. The summed E-state index contributed by atoms with van der Waals surface area (Å²) >= 11 is 0. The molecule has 0 spiro atoms. The van der Waals surface area contributed by atoms with Crippen molar-refractivity contribution in [3.8, 4) is 5.75 Å². The van der Waals surface area contributed by atoms with Gasteiger partial charge in [-0.3, -0.25) is 0 Å². The van der Waals surface area contributed by atoms with Crippen LogP contribution in [0.25, 0.3) is 0 Å². The lowest BCUT2D eigenvalue weighted by Crippen LogP contribution is -2.46. The number of rotatable bonds is 4. The maximum absolute atomic E-state index is 5.93. The molecule has 2 rings (SSSR count). The van der Waals surface area contributed by atoms with Crippen LogP contribution in [0.5, 0.6) is 5.75 Å². The minimum atomic E-state index is 0.00353.